The van der Waals surface area contributed by atoms with Gasteiger partial charge in [0.1, 0.15) is 6.04 Å². The lowest BCUT2D eigenvalue weighted by atomic mass is 10.1. The van der Waals surface area contributed by atoms with Crippen molar-refractivity contribution < 1.29 is 14.7 Å². The van der Waals surface area contributed by atoms with Crippen LogP contribution in [0.4, 0.5) is 0 Å². The van der Waals surface area contributed by atoms with Gasteiger partial charge >= 0.3 is 5.97 Å². The van der Waals surface area contributed by atoms with E-state index in [0.29, 0.717) is 31.6 Å². The van der Waals surface area contributed by atoms with Crippen LogP contribution in [0.3, 0.4) is 0 Å². The Morgan fingerprint density at radius 3 is 2.48 bits per heavy atom. The van der Waals surface area contributed by atoms with Gasteiger partial charge in [0.25, 0.3) is 5.91 Å². The Kier molecular flexibility index (Phi) is 8.08. The van der Waals surface area contributed by atoms with Crippen LogP contribution in [0.2, 0.25) is 0 Å². The van der Waals surface area contributed by atoms with Crippen LogP contribution in [0.25, 0.3) is 0 Å². The first kappa shape index (κ1) is 17.1. The van der Waals surface area contributed by atoms with E-state index >= 15 is 0 Å². The van der Waals surface area contributed by atoms with Crippen molar-refractivity contribution in [3.63, 3.8) is 0 Å². The average molecular weight is 293 g/mol. The minimum absolute atomic E-state index is 0.160. The second kappa shape index (κ2) is 9.90. The number of amides is 1. The fourth-order valence-electron chi connectivity index (χ4n) is 1.92. The zero-order chi connectivity index (χ0) is 15.5. The number of unbranched alkanes of at least 4 members (excludes halogenated alkanes) is 1. The SMILES string of the molecule is NCCCC[C@@H](NCCNC(=O)c1ccccc1)C(=O)O. The normalized spacial score (nSPS) is 11.9. The molecule has 1 amide bonds. The number of carbonyl (C=O) groups excluding carboxylic acids is 1. The predicted octanol–water partition coefficient (Wildman–Crippen LogP) is 0.588. The third kappa shape index (κ3) is 6.87. The van der Waals surface area contributed by atoms with Crippen LogP contribution in [-0.2, 0) is 4.79 Å². The number of nitrogens with one attached hydrogen (secondary N) is 2. The van der Waals surface area contributed by atoms with Crippen LogP contribution in [0, 0.1) is 0 Å². The van der Waals surface area contributed by atoms with Gasteiger partial charge in [-0.2, -0.15) is 0 Å². The number of rotatable bonds is 10. The molecule has 0 unspecified atom stereocenters. The lowest BCUT2D eigenvalue weighted by Crippen LogP contribution is -2.41. The first-order valence-corrected chi connectivity index (χ1v) is 7.14. The molecule has 0 aromatic heterocycles. The molecule has 6 nitrogen and oxygen atoms in total. The molecule has 21 heavy (non-hydrogen) atoms. The maximum Gasteiger partial charge on any atom is 0.320 e. The summed E-state index contributed by atoms with van der Waals surface area (Å²) in [6.45, 7) is 1.37. The molecule has 0 aliphatic carbocycles. The number of aliphatic carboxylic acids is 1. The van der Waals surface area contributed by atoms with Crippen LogP contribution >= 0.6 is 0 Å². The summed E-state index contributed by atoms with van der Waals surface area (Å²) >= 11 is 0. The lowest BCUT2D eigenvalue weighted by Gasteiger charge is -2.14. The Labute approximate surface area is 124 Å². The molecule has 0 saturated carbocycles. The highest BCUT2D eigenvalue weighted by Crippen LogP contribution is 2.00. The number of hydrogen-bond acceptors (Lipinski definition) is 4. The van der Waals surface area contributed by atoms with Crippen LogP contribution in [0.15, 0.2) is 30.3 Å². The zero-order valence-corrected chi connectivity index (χ0v) is 12.0. The number of carbonyl (C=O) groups is 2. The fraction of sp³-hybridized carbons (Fsp3) is 0.467. The highest BCUT2D eigenvalue weighted by molar-refractivity contribution is 5.94. The Balaban J connectivity index is 2.24. The van der Waals surface area contributed by atoms with Gasteiger partial charge in [0.2, 0.25) is 0 Å². The third-order valence-electron chi connectivity index (χ3n) is 3.08. The van der Waals surface area contributed by atoms with Crippen molar-refractivity contribution in [3.8, 4) is 0 Å². The topological polar surface area (TPSA) is 104 Å². The van der Waals surface area contributed by atoms with Crippen molar-refractivity contribution in [3.05, 3.63) is 35.9 Å². The van der Waals surface area contributed by atoms with Gasteiger partial charge in [-0.3, -0.25) is 9.59 Å². The van der Waals surface area contributed by atoms with Crippen molar-refractivity contribution in [1.82, 2.24) is 10.6 Å². The van der Waals surface area contributed by atoms with E-state index in [2.05, 4.69) is 10.6 Å². The molecule has 0 bridgehead atoms. The van der Waals surface area contributed by atoms with Gasteiger partial charge < -0.3 is 21.5 Å². The summed E-state index contributed by atoms with van der Waals surface area (Å²) in [7, 11) is 0. The molecule has 0 radical (unpaired) electrons. The van der Waals surface area contributed by atoms with E-state index in [0.717, 1.165) is 12.8 Å². The number of hydrogen-bond donors (Lipinski definition) is 4. The number of nitrogens with two attached hydrogens (primary N) is 1. The summed E-state index contributed by atoms with van der Waals surface area (Å²) in [5, 5.41) is 14.8. The Hall–Kier alpha value is -1.92. The maximum absolute atomic E-state index is 11.8. The first-order valence-electron chi connectivity index (χ1n) is 7.14. The summed E-state index contributed by atoms with van der Waals surface area (Å²) < 4.78 is 0. The quantitative estimate of drug-likeness (QED) is 0.473. The third-order valence-corrected chi connectivity index (χ3v) is 3.08. The fourth-order valence-corrected chi connectivity index (χ4v) is 1.92. The van der Waals surface area contributed by atoms with Gasteiger partial charge in [-0.25, -0.2) is 0 Å². The first-order chi connectivity index (χ1) is 10.1. The van der Waals surface area contributed by atoms with E-state index in [9.17, 15) is 9.59 Å². The summed E-state index contributed by atoms with van der Waals surface area (Å²) in [5.41, 5.74) is 5.98. The molecule has 0 aliphatic rings. The van der Waals surface area contributed by atoms with E-state index in [1.54, 1.807) is 24.3 Å². The molecule has 1 aromatic rings. The predicted molar refractivity (Wildman–Crippen MR) is 81.1 cm³/mol. The van der Waals surface area contributed by atoms with Crippen molar-refractivity contribution >= 4 is 11.9 Å². The van der Waals surface area contributed by atoms with Crippen molar-refractivity contribution in [2.75, 3.05) is 19.6 Å². The van der Waals surface area contributed by atoms with Gasteiger partial charge in [-0.1, -0.05) is 24.6 Å². The van der Waals surface area contributed by atoms with Crippen molar-refractivity contribution in [1.29, 1.82) is 0 Å². The standard InChI is InChI=1S/C15H23N3O3/c16-9-5-4-8-13(15(20)21)17-10-11-18-14(19)12-6-2-1-3-7-12/h1-3,6-7,13,17H,4-5,8-11,16H2,(H,18,19)(H,20,21)/t13-/m1/s1. The van der Waals surface area contributed by atoms with E-state index in [1.807, 2.05) is 6.07 Å². The largest absolute Gasteiger partial charge is 0.480 e. The van der Waals surface area contributed by atoms with Gasteiger partial charge in [-0.05, 0) is 31.5 Å². The lowest BCUT2D eigenvalue weighted by molar-refractivity contribution is -0.139. The summed E-state index contributed by atoms with van der Waals surface area (Å²) in [5.74, 6) is -1.03. The molecular weight excluding hydrogens is 270 g/mol. The molecule has 0 heterocycles. The van der Waals surface area contributed by atoms with E-state index < -0.39 is 12.0 Å². The summed E-state index contributed by atoms with van der Waals surface area (Å²) in [6.07, 6.45) is 2.13. The summed E-state index contributed by atoms with van der Waals surface area (Å²) in [6, 6.07) is 8.31. The molecular formula is C15H23N3O3. The Morgan fingerprint density at radius 1 is 1.14 bits per heavy atom. The average Bonchev–Trinajstić information content (AvgIpc) is 2.50. The number of benzene rings is 1. The van der Waals surface area contributed by atoms with Crippen LogP contribution < -0.4 is 16.4 Å². The smallest absolute Gasteiger partial charge is 0.320 e. The molecule has 1 atom stereocenters. The summed E-state index contributed by atoms with van der Waals surface area (Å²) in [4.78, 5) is 22.8. The molecule has 116 valence electrons. The minimum Gasteiger partial charge on any atom is -0.480 e. The Morgan fingerprint density at radius 2 is 1.86 bits per heavy atom. The van der Waals surface area contributed by atoms with Crippen molar-refractivity contribution in [2.24, 2.45) is 5.73 Å². The second-order valence-electron chi connectivity index (χ2n) is 4.75. The van der Waals surface area contributed by atoms with Crippen molar-refractivity contribution in [2.45, 2.75) is 25.3 Å². The van der Waals surface area contributed by atoms with Crippen LogP contribution in [0.1, 0.15) is 29.6 Å². The van der Waals surface area contributed by atoms with Crippen LogP contribution in [0.5, 0.6) is 0 Å². The number of carboxylic acids is 1. The number of carboxylic acid groups (broad SMARTS) is 1. The molecule has 6 heteroatoms. The maximum atomic E-state index is 11.8. The zero-order valence-electron chi connectivity index (χ0n) is 12.0. The highest BCUT2D eigenvalue weighted by Gasteiger charge is 2.15. The molecule has 0 aliphatic heterocycles. The molecule has 5 N–H and O–H groups in total. The van der Waals surface area contributed by atoms with E-state index in [-0.39, 0.29) is 5.91 Å². The minimum atomic E-state index is -0.874. The van der Waals surface area contributed by atoms with E-state index in [1.165, 1.54) is 0 Å². The van der Waals surface area contributed by atoms with Gasteiger partial charge in [-0.15, -0.1) is 0 Å². The van der Waals surface area contributed by atoms with Crippen LogP contribution in [-0.4, -0.2) is 42.7 Å². The molecule has 0 spiro atoms. The molecule has 1 rings (SSSR count). The second-order valence-corrected chi connectivity index (χ2v) is 4.75. The molecule has 0 fully saturated rings. The van der Waals surface area contributed by atoms with Gasteiger partial charge in [0.15, 0.2) is 0 Å². The van der Waals surface area contributed by atoms with Gasteiger partial charge in [0, 0.05) is 18.7 Å². The highest BCUT2D eigenvalue weighted by atomic mass is 16.4. The molecule has 1 aromatic carbocycles. The van der Waals surface area contributed by atoms with E-state index in [4.69, 9.17) is 10.8 Å². The molecule has 0 saturated heterocycles. The Bertz CT molecular complexity index is 437. The van der Waals surface area contributed by atoms with Gasteiger partial charge in [0.05, 0.1) is 0 Å². The monoisotopic (exact) mass is 293 g/mol.